The Balaban J connectivity index is 2.02. The van der Waals surface area contributed by atoms with Crippen molar-refractivity contribution in [3.05, 3.63) is 5.01 Å². The van der Waals surface area contributed by atoms with Gasteiger partial charge in [-0.1, -0.05) is 24.2 Å². The minimum atomic E-state index is -0.00134. The maximum absolute atomic E-state index is 12.2. The summed E-state index contributed by atoms with van der Waals surface area (Å²) in [4.78, 5) is 14.0. The Hall–Kier alpha value is -1.17. The molecule has 1 saturated carbocycles. The third kappa shape index (κ3) is 2.74. The van der Waals surface area contributed by atoms with Gasteiger partial charge < -0.3 is 10.2 Å². The Morgan fingerprint density at radius 3 is 2.82 bits per heavy atom. The van der Waals surface area contributed by atoms with E-state index in [1.165, 1.54) is 24.2 Å². The lowest BCUT2D eigenvalue weighted by Gasteiger charge is -2.22. The summed E-state index contributed by atoms with van der Waals surface area (Å²) in [7, 11) is 1.87. The summed E-state index contributed by atoms with van der Waals surface area (Å²) in [5, 5.41) is 12.2. The number of anilines is 1. The van der Waals surface area contributed by atoms with Crippen molar-refractivity contribution >= 4 is 22.4 Å². The normalized spacial score (nSPS) is 16.1. The second kappa shape index (κ2) is 5.44. The van der Waals surface area contributed by atoms with Gasteiger partial charge in [0.15, 0.2) is 0 Å². The molecule has 1 aromatic rings. The van der Waals surface area contributed by atoms with Crippen molar-refractivity contribution in [3.63, 3.8) is 0 Å². The molecule has 1 amide bonds. The number of carbonyl (C=O) groups is 1. The summed E-state index contributed by atoms with van der Waals surface area (Å²) in [5.41, 5.74) is 0. The van der Waals surface area contributed by atoms with E-state index in [0.29, 0.717) is 11.0 Å². The summed E-state index contributed by atoms with van der Waals surface area (Å²) >= 11 is 1.33. The first-order valence-corrected chi connectivity index (χ1v) is 6.88. The van der Waals surface area contributed by atoms with E-state index in [1.54, 1.807) is 0 Å². The van der Waals surface area contributed by atoms with Crippen molar-refractivity contribution in [2.24, 2.45) is 0 Å². The Labute approximate surface area is 105 Å². The van der Waals surface area contributed by atoms with Crippen LogP contribution in [0.5, 0.6) is 0 Å². The molecule has 5 nitrogen and oxygen atoms in total. The number of nitrogens with zero attached hydrogens (tertiary/aromatic N) is 3. The molecule has 0 saturated heterocycles. The molecule has 1 aliphatic rings. The molecule has 94 valence electrons. The van der Waals surface area contributed by atoms with Gasteiger partial charge in [-0.2, -0.15) is 0 Å². The van der Waals surface area contributed by atoms with Gasteiger partial charge in [0.1, 0.15) is 0 Å². The average Bonchev–Trinajstić information content (AvgIpc) is 2.98. The second-order valence-electron chi connectivity index (χ2n) is 4.30. The molecule has 0 atom stereocenters. The zero-order chi connectivity index (χ0) is 12.3. The first-order chi connectivity index (χ1) is 8.22. The Kier molecular flexibility index (Phi) is 3.93. The van der Waals surface area contributed by atoms with E-state index in [2.05, 4.69) is 15.5 Å². The third-order valence-corrected chi connectivity index (χ3v) is 4.00. The number of rotatable bonds is 4. The summed E-state index contributed by atoms with van der Waals surface area (Å²) in [6.07, 6.45) is 4.67. The molecule has 6 heteroatoms. The van der Waals surface area contributed by atoms with Gasteiger partial charge in [-0.3, -0.25) is 4.79 Å². The monoisotopic (exact) mass is 254 g/mol. The molecule has 0 aromatic carbocycles. The molecular weight excluding hydrogens is 236 g/mol. The van der Waals surface area contributed by atoms with Crippen LogP contribution >= 0.6 is 11.3 Å². The smallest absolute Gasteiger partial charge is 0.284 e. The Bertz CT molecular complexity index is 387. The largest absolute Gasteiger partial charge is 0.360 e. The summed E-state index contributed by atoms with van der Waals surface area (Å²) < 4.78 is 0. The second-order valence-corrected chi connectivity index (χ2v) is 5.27. The van der Waals surface area contributed by atoms with Crippen molar-refractivity contribution in [2.45, 2.75) is 38.6 Å². The van der Waals surface area contributed by atoms with Crippen LogP contribution in [-0.4, -0.2) is 40.6 Å². The number of carbonyl (C=O) groups excluding carboxylic acids is 1. The molecule has 1 heterocycles. The fourth-order valence-electron chi connectivity index (χ4n) is 2.14. The quantitative estimate of drug-likeness (QED) is 0.892. The molecule has 1 aliphatic carbocycles. The van der Waals surface area contributed by atoms with Gasteiger partial charge in [-0.25, -0.2) is 0 Å². The molecular formula is C11H18N4OS. The molecule has 17 heavy (non-hydrogen) atoms. The zero-order valence-corrected chi connectivity index (χ0v) is 11.1. The van der Waals surface area contributed by atoms with Gasteiger partial charge in [0, 0.05) is 19.6 Å². The van der Waals surface area contributed by atoms with Crippen molar-refractivity contribution < 1.29 is 4.79 Å². The molecule has 0 aliphatic heterocycles. The van der Waals surface area contributed by atoms with E-state index >= 15 is 0 Å². The number of hydrogen-bond donors (Lipinski definition) is 1. The van der Waals surface area contributed by atoms with Crippen molar-refractivity contribution in [3.8, 4) is 0 Å². The first kappa shape index (κ1) is 12.3. The number of aromatic nitrogens is 2. The van der Waals surface area contributed by atoms with Crippen LogP contribution in [0.4, 0.5) is 5.13 Å². The van der Waals surface area contributed by atoms with E-state index in [1.807, 2.05) is 18.9 Å². The van der Waals surface area contributed by atoms with E-state index < -0.39 is 0 Å². The van der Waals surface area contributed by atoms with E-state index in [0.717, 1.165) is 24.5 Å². The predicted molar refractivity (Wildman–Crippen MR) is 68.4 cm³/mol. The van der Waals surface area contributed by atoms with E-state index in [4.69, 9.17) is 0 Å². The van der Waals surface area contributed by atoms with Crippen LogP contribution in [-0.2, 0) is 0 Å². The van der Waals surface area contributed by atoms with Crippen LogP contribution in [0.1, 0.15) is 42.4 Å². The molecule has 1 aromatic heterocycles. The van der Waals surface area contributed by atoms with Crippen LogP contribution in [0.3, 0.4) is 0 Å². The van der Waals surface area contributed by atoms with Gasteiger partial charge in [-0.15, -0.1) is 10.2 Å². The predicted octanol–water partition coefficient (Wildman–Crippen LogP) is 1.98. The lowest BCUT2D eigenvalue weighted by atomic mass is 10.2. The average molecular weight is 254 g/mol. The number of amides is 1. The van der Waals surface area contributed by atoms with Gasteiger partial charge in [-0.05, 0) is 19.8 Å². The SMILES string of the molecule is CCNc1nnc(C(=O)N(C)C2CCCC2)s1. The summed E-state index contributed by atoms with van der Waals surface area (Å²) in [6.45, 7) is 2.79. The number of hydrogen-bond acceptors (Lipinski definition) is 5. The van der Waals surface area contributed by atoms with Gasteiger partial charge >= 0.3 is 0 Å². The molecule has 1 fully saturated rings. The van der Waals surface area contributed by atoms with Gasteiger partial charge in [0.2, 0.25) is 10.1 Å². The molecule has 1 N–H and O–H groups in total. The van der Waals surface area contributed by atoms with Crippen molar-refractivity contribution in [2.75, 3.05) is 18.9 Å². The van der Waals surface area contributed by atoms with Crippen molar-refractivity contribution in [1.29, 1.82) is 0 Å². The highest BCUT2D eigenvalue weighted by molar-refractivity contribution is 7.17. The summed E-state index contributed by atoms with van der Waals surface area (Å²) in [6, 6.07) is 0.383. The minimum absolute atomic E-state index is 0.00134. The standard InChI is InChI=1S/C11H18N4OS/c1-3-12-11-14-13-9(17-11)10(16)15(2)8-6-4-5-7-8/h8H,3-7H2,1-2H3,(H,12,14). The van der Waals surface area contributed by atoms with Gasteiger partial charge in [0.05, 0.1) is 0 Å². The van der Waals surface area contributed by atoms with E-state index in [-0.39, 0.29) is 5.91 Å². The molecule has 0 bridgehead atoms. The third-order valence-electron chi connectivity index (χ3n) is 3.13. The highest BCUT2D eigenvalue weighted by atomic mass is 32.1. The fourth-order valence-corrected chi connectivity index (χ4v) is 2.93. The highest BCUT2D eigenvalue weighted by Crippen LogP contribution is 2.25. The molecule has 0 unspecified atom stereocenters. The van der Waals surface area contributed by atoms with Crippen molar-refractivity contribution in [1.82, 2.24) is 15.1 Å². The first-order valence-electron chi connectivity index (χ1n) is 6.07. The molecule has 0 radical (unpaired) electrons. The van der Waals surface area contributed by atoms with Crippen LogP contribution in [0.25, 0.3) is 0 Å². The van der Waals surface area contributed by atoms with Crippen LogP contribution in [0, 0.1) is 0 Å². The maximum Gasteiger partial charge on any atom is 0.284 e. The Morgan fingerprint density at radius 2 is 2.18 bits per heavy atom. The Morgan fingerprint density at radius 1 is 1.47 bits per heavy atom. The molecule has 2 rings (SSSR count). The zero-order valence-electron chi connectivity index (χ0n) is 10.3. The lowest BCUT2D eigenvalue weighted by molar-refractivity contribution is 0.0734. The van der Waals surface area contributed by atoms with Crippen LogP contribution in [0.15, 0.2) is 0 Å². The lowest BCUT2D eigenvalue weighted by Crippen LogP contribution is -2.35. The number of nitrogens with one attached hydrogen (secondary N) is 1. The molecule has 0 spiro atoms. The maximum atomic E-state index is 12.2. The minimum Gasteiger partial charge on any atom is -0.360 e. The topological polar surface area (TPSA) is 58.1 Å². The van der Waals surface area contributed by atoms with Crippen LogP contribution < -0.4 is 5.32 Å². The van der Waals surface area contributed by atoms with E-state index in [9.17, 15) is 4.79 Å². The summed E-state index contributed by atoms with van der Waals surface area (Å²) in [5.74, 6) is -0.00134. The highest BCUT2D eigenvalue weighted by Gasteiger charge is 2.26. The van der Waals surface area contributed by atoms with Crippen LogP contribution in [0.2, 0.25) is 0 Å². The fraction of sp³-hybridized carbons (Fsp3) is 0.727. The van der Waals surface area contributed by atoms with Gasteiger partial charge in [0.25, 0.3) is 5.91 Å².